The fraction of sp³-hybridized carbons (Fsp3) is 0.286. The number of carbonyl (C=O) groups is 1. The molecule has 126 valence electrons. The minimum Gasteiger partial charge on any atom is -0.427 e. The summed E-state index contributed by atoms with van der Waals surface area (Å²) >= 11 is 0. The molecule has 3 atom stereocenters. The van der Waals surface area contributed by atoms with Gasteiger partial charge in [-0.25, -0.2) is 0 Å². The van der Waals surface area contributed by atoms with E-state index in [2.05, 4.69) is 30.1 Å². The Morgan fingerprint density at radius 3 is 3.00 bits per heavy atom. The van der Waals surface area contributed by atoms with Crippen molar-refractivity contribution in [2.45, 2.75) is 20.3 Å². The van der Waals surface area contributed by atoms with Gasteiger partial charge in [-0.15, -0.1) is 0 Å². The maximum Gasteiger partial charge on any atom is 0.308 e. The van der Waals surface area contributed by atoms with Crippen LogP contribution in [-0.4, -0.2) is 11.0 Å². The third kappa shape index (κ3) is 3.77. The van der Waals surface area contributed by atoms with Crippen molar-refractivity contribution in [3.8, 4) is 6.07 Å². The second-order valence-corrected chi connectivity index (χ2v) is 6.45. The molecular formula is C21H20N2O2. The molecule has 0 N–H and O–H groups in total. The van der Waals surface area contributed by atoms with Crippen molar-refractivity contribution in [1.29, 1.82) is 5.26 Å². The lowest BCUT2D eigenvalue weighted by Crippen LogP contribution is -2.27. The summed E-state index contributed by atoms with van der Waals surface area (Å²) < 4.78 is 5.25. The Balaban J connectivity index is 1.98. The van der Waals surface area contributed by atoms with Crippen LogP contribution in [0.2, 0.25) is 0 Å². The number of carbonyl (C=O) groups excluding carboxylic acids is 1. The van der Waals surface area contributed by atoms with Crippen LogP contribution in [0.15, 0.2) is 65.7 Å². The maximum absolute atomic E-state index is 11.3. The van der Waals surface area contributed by atoms with Crippen LogP contribution in [0, 0.1) is 29.1 Å². The molecule has 4 nitrogen and oxygen atoms in total. The third-order valence-electron chi connectivity index (χ3n) is 4.66. The van der Waals surface area contributed by atoms with Gasteiger partial charge in [0.2, 0.25) is 0 Å². The number of nitriles is 1. The van der Waals surface area contributed by atoms with Crippen molar-refractivity contribution in [3.63, 3.8) is 0 Å². The van der Waals surface area contributed by atoms with Crippen molar-refractivity contribution in [2.24, 2.45) is 17.8 Å². The SMILES string of the molecule is CC(=O)OC1=CC2C(C(C#N)=Cc3cccnc3)=CCC(C)C2C=C1. The van der Waals surface area contributed by atoms with Crippen molar-refractivity contribution >= 4 is 12.0 Å². The van der Waals surface area contributed by atoms with E-state index in [1.165, 1.54) is 6.92 Å². The third-order valence-corrected chi connectivity index (χ3v) is 4.66. The van der Waals surface area contributed by atoms with E-state index in [1.807, 2.05) is 30.4 Å². The highest BCUT2D eigenvalue weighted by molar-refractivity contribution is 5.68. The minimum atomic E-state index is -0.338. The van der Waals surface area contributed by atoms with Crippen molar-refractivity contribution < 1.29 is 9.53 Å². The molecule has 0 radical (unpaired) electrons. The number of allylic oxidation sites excluding steroid dienone is 6. The first kappa shape index (κ1) is 16.9. The van der Waals surface area contributed by atoms with Crippen molar-refractivity contribution in [3.05, 3.63) is 71.3 Å². The zero-order valence-electron chi connectivity index (χ0n) is 14.3. The molecule has 0 fully saturated rings. The van der Waals surface area contributed by atoms with E-state index in [9.17, 15) is 10.1 Å². The van der Waals surface area contributed by atoms with Gasteiger partial charge in [0.1, 0.15) is 5.76 Å². The molecule has 1 aromatic rings. The fourth-order valence-corrected chi connectivity index (χ4v) is 3.45. The lowest BCUT2D eigenvalue weighted by molar-refractivity contribution is -0.136. The molecule has 2 aliphatic rings. The van der Waals surface area contributed by atoms with Crippen LogP contribution in [0.4, 0.5) is 0 Å². The molecule has 0 aromatic carbocycles. The van der Waals surface area contributed by atoms with E-state index in [0.717, 1.165) is 17.6 Å². The quantitative estimate of drug-likeness (QED) is 0.614. The summed E-state index contributed by atoms with van der Waals surface area (Å²) in [6.07, 6.45) is 14.3. The Morgan fingerprint density at radius 2 is 2.32 bits per heavy atom. The Kier molecular flexibility index (Phi) is 4.95. The van der Waals surface area contributed by atoms with Gasteiger partial charge in [-0.05, 0) is 53.7 Å². The molecule has 2 aliphatic carbocycles. The van der Waals surface area contributed by atoms with E-state index in [-0.39, 0.29) is 11.9 Å². The summed E-state index contributed by atoms with van der Waals surface area (Å²) in [4.78, 5) is 15.4. The number of rotatable bonds is 3. The number of hydrogen-bond acceptors (Lipinski definition) is 4. The first-order chi connectivity index (χ1) is 12.1. The largest absolute Gasteiger partial charge is 0.427 e. The molecule has 1 aromatic heterocycles. The lowest BCUT2D eigenvalue weighted by Gasteiger charge is -2.35. The van der Waals surface area contributed by atoms with Gasteiger partial charge in [-0.1, -0.05) is 25.1 Å². The van der Waals surface area contributed by atoms with E-state index < -0.39 is 0 Å². The summed E-state index contributed by atoms with van der Waals surface area (Å²) in [5, 5.41) is 9.70. The molecule has 4 heteroatoms. The summed E-state index contributed by atoms with van der Waals surface area (Å²) in [5.41, 5.74) is 2.51. The second kappa shape index (κ2) is 7.31. The van der Waals surface area contributed by atoms with Gasteiger partial charge in [0.15, 0.2) is 0 Å². The Hall–Kier alpha value is -2.93. The molecule has 25 heavy (non-hydrogen) atoms. The standard InChI is InChI=1S/C21H20N2O2/c1-14-5-7-20(17(12-22)10-16-4-3-9-23-13-16)21-11-18(25-15(2)24)6-8-19(14)21/h3-4,6-11,13-14,19,21H,5H2,1-2H3. The fourth-order valence-electron chi connectivity index (χ4n) is 3.45. The Morgan fingerprint density at radius 1 is 1.48 bits per heavy atom. The van der Waals surface area contributed by atoms with Gasteiger partial charge in [0.05, 0.1) is 11.6 Å². The van der Waals surface area contributed by atoms with Crippen LogP contribution in [0.5, 0.6) is 0 Å². The first-order valence-electron chi connectivity index (χ1n) is 8.39. The van der Waals surface area contributed by atoms with Crippen LogP contribution in [0.25, 0.3) is 6.08 Å². The van der Waals surface area contributed by atoms with E-state index in [0.29, 0.717) is 23.2 Å². The average Bonchev–Trinajstić information content (AvgIpc) is 2.61. The highest BCUT2D eigenvalue weighted by Gasteiger charge is 2.33. The van der Waals surface area contributed by atoms with Gasteiger partial charge in [-0.3, -0.25) is 9.78 Å². The van der Waals surface area contributed by atoms with Gasteiger partial charge < -0.3 is 4.74 Å². The van der Waals surface area contributed by atoms with Gasteiger partial charge in [0.25, 0.3) is 0 Å². The Bertz CT molecular complexity index is 825. The van der Waals surface area contributed by atoms with Crippen LogP contribution in [0.3, 0.4) is 0 Å². The smallest absolute Gasteiger partial charge is 0.308 e. The monoisotopic (exact) mass is 332 g/mol. The van der Waals surface area contributed by atoms with Crippen LogP contribution in [-0.2, 0) is 9.53 Å². The number of hydrogen-bond donors (Lipinski definition) is 0. The van der Waals surface area contributed by atoms with Gasteiger partial charge in [0, 0.05) is 25.2 Å². The normalized spacial score (nSPS) is 25.3. The molecule has 0 amide bonds. The molecule has 3 rings (SSSR count). The van der Waals surface area contributed by atoms with Crippen molar-refractivity contribution in [1.82, 2.24) is 4.98 Å². The molecule has 3 unspecified atom stereocenters. The predicted molar refractivity (Wildman–Crippen MR) is 95.7 cm³/mol. The molecule has 0 aliphatic heterocycles. The van der Waals surface area contributed by atoms with Crippen LogP contribution < -0.4 is 0 Å². The maximum atomic E-state index is 11.3. The zero-order chi connectivity index (χ0) is 17.8. The highest BCUT2D eigenvalue weighted by Crippen LogP contribution is 2.42. The first-order valence-corrected chi connectivity index (χ1v) is 8.39. The van der Waals surface area contributed by atoms with E-state index in [4.69, 9.17) is 4.74 Å². The number of nitrogens with zero attached hydrogens (tertiary/aromatic N) is 2. The second-order valence-electron chi connectivity index (χ2n) is 6.45. The Labute approximate surface area is 147 Å². The summed E-state index contributed by atoms with van der Waals surface area (Å²) in [6.45, 7) is 3.60. The molecule has 0 saturated heterocycles. The summed E-state index contributed by atoms with van der Waals surface area (Å²) in [6, 6.07) is 6.10. The number of fused-ring (bicyclic) bond motifs is 1. The summed E-state index contributed by atoms with van der Waals surface area (Å²) in [7, 11) is 0. The number of aromatic nitrogens is 1. The zero-order valence-corrected chi connectivity index (χ0v) is 14.3. The minimum absolute atomic E-state index is 0.0330. The number of pyridine rings is 1. The van der Waals surface area contributed by atoms with Gasteiger partial charge in [-0.2, -0.15) is 5.26 Å². The average molecular weight is 332 g/mol. The van der Waals surface area contributed by atoms with Gasteiger partial charge >= 0.3 is 5.97 Å². The number of ether oxygens (including phenoxy) is 1. The molecule has 0 bridgehead atoms. The molecule has 0 saturated carbocycles. The van der Waals surface area contributed by atoms with Crippen LogP contribution in [0.1, 0.15) is 25.8 Å². The molecular weight excluding hydrogens is 312 g/mol. The van der Waals surface area contributed by atoms with E-state index >= 15 is 0 Å². The predicted octanol–water partition coefficient (Wildman–Crippen LogP) is 4.20. The van der Waals surface area contributed by atoms with Crippen molar-refractivity contribution in [2.75, 3.05) is 0 Å². The van der Waals surface area contributed by atoms with Crippen LogP contribution >= 0.6 is 0 Å². The molecule has 0 spiro atoms. The van der Waals surface area contributed by atoms with E-state index in [1.54, 1.807) is 12.4 Å². The lowest BCUT2D eigenvalue weighted by atomic mass is 9.69. The summed E-state index contributed by atoms with van der Waals surface area (Å²) in [5.74, 6) is 1.01. The molecule has 1 heterocycles. The number of esters is 1. The topological polar surface area (TPSA) is 63.0 Å². The highest BCUT2D eigenvalue weighted by atomic mass is 16.5.